The molecule has 1 aliphatic heterocycles. The zero-order valence-corrected chi connectivity index (χ0v) is 17.8. The molecule has 9 heteroatoms. The number of rotatable bonds is 6. The number of fused-ring (bicyclic) bond motifs is 1. The van der Waals surface area contributed by atoms with Gasteiger partial charge in [-0.3, -0.25) is 29.4 Å². The van der Waals surface area contributed by atoms with E-state index in [2.05, 4.69) is 5.32 Å². The first-order chi connectivity index (χ1) is 15.8. The number of carbonyl (C=O) groups excluding carboxylic acids is 3. The Bertz CT molecular complexity index is 1280. The van der Waals surface area contributed by atoms with Crippen LogP contribution in [0.25, 0.3) is 0 Å². The molecular formula is C24H19N3O6. The predicted molar refractivity (Wildman–Crippen MR) is 119 cm³/mol. The normalized spacial score (nSPS) is 12.5. The van der Waals surface area contributed by atoms with Crippen molar-refractivity contribution in [2.75, 3.05) is 12.4 Å². The molecule has 0 spiro atoms. The molecule has 1 heterocycles. The van der Waals surface area contributed by atoms with Crippen molar-refractivity contribution in [3.05, 3.63) is 98.6 Å². The molecule has 9 nitrogen and oxygen atoms in total. The highest BCUT2D eigenvalue weighted by molar-refractivity contribution is 6.21. The van der Waals surface area contributed by atoms with E-state index in [9.17, 15) is 24.5 Å². The zero-order valence-electron chi connectivity index (χ0n) is 17.8. The molecule has 1 N–H and O–H groups in total. The van der Waals surface area contributed by atoms with E-state index in [1.807, 2.05) is 0 Å². The first-order valence-electron chi connectivity index (χ1n) is 9.98. The molecule has 0 saturated carbocycles. The summed E-state index contributed by atoms with van der Waals surface area (Å²) in [6.45, 7) is 1.59. The van der Waals surface area contributed by atoms with Crippen LogP contribution in [0, 0.1) is 17.0 Å². The van der Waals surface area contributed by atoms with Gasteiger partial charge in [0.1, 0.15) is 5.75 Å². The lowest BCUT2D eigenvalue weighted by molar-refractivity contribution is -0.385. The van der Waals surface area contributed by atoms with E-state index in [4.69, 9.17) is 4.74 Å². The summed E-state index contributed by atoms with van der Waals surface area (Å²) in [7, 11) is 1.41. The zero-order chi connectivity index (χ0) is 23.7. The number of methoxy groups -OCH3 is 1. The van der Waals surface area contributed by atoms with Gasteiger partial charge in [0, 0.05) is 17.3 Å². The van der Waals surface area contributed by atoms with Crippen LogP contribution in [0.15, 0.2) is 60.7 Å². The second-order valence-electron chi connectivity index (χ2n) is 7.49. The molecule has 1 aliphatic rings. The largest absolute Gasteiger partial charge is 0.496 e. The van der Waals surface area contributed by atoms with E-state index in [1.165, 1.54) is 19.2 Å². The SMILES string of the molecule is COc1ccc(CN2C(=O)c3ccccc3C2=O)cc1C(=O)Nc1ccc(C)c([N+](=O)[O-])c1. The molecule has 0 aliphatic carbocycles. The number of nitro benzene ring substituents is 1. The fourth-order valence-electron chi connectivity index (χ4n) is 3.68. The summed E-state index contributed by atoms with van der Waals surface area (Å²) in [5.41, 5.74) is 2.01. The van der Waals surface area contributed by atoms with Gasteiger partial charge in [0.25, 0.3) is 23.4 Å². The third-order valence-electron chi connectivity index (χ3n) is 5.39. The Morgan fingerprint density at radius 3 is 2.30 bits per heavy atom. The summed E-state index contributed by atoms with van der Waals surface area (Å²) in [6.07, 6.45) is 0. The lowest BCUT2D eigenvalue weighted by Gasteiger charge is -2.16. The molecular weight excluding hydrogens is 426 g/mol. The number of anilines is 1. The molecule has 3 aromatic rings. The van der Waals surface area contributed by atoms with Gasteiger partial charge < -0.3 is 10.1 Å². The van der Waals surface area contributed by atoms with Gasteiger partial charge >= 0.3 is 0 Å². The quantitative estimate of drug-likeness (QED) is 0.348. The fraction of sp³-hybridized carbons (Fsp3) is 0.125. The van der Waals surface area contributed by atoms with E-state index < -0.39 is 22.6 Å². The molecule has 166 valence electrons. The van der Waals surface area contributed by atoms with Crippen LogP contribution in [0.1, 0.15) is 42.2 Å². The van der Waals surface area contributed by atoms with Gasteiger partial charge in [-0.2, -0.15) is 0 Å². The van der Waals surface area contributed by atoms with E-state index in [-0.39, 0.29) is 29.2 Å². The number of nitrogens with one attached hydrogen (secondary N) is 1. The molecule has 4 rings (SSSR count). The molecule has 33 heavy (non-hydrogen) atoms. The number of nitro groups is 1. The van der Waals surface area contributed by atoms with Crippen LogP contribution in [0.5, 0.6) is 5.75 Å². The van der Waals surface area contributed by atoms with Gasteiger partial charge in [0.2, 0.25) is 0 Å². The van der Waals surface area contributed by atoms with Crippen molar-refractivity contribution >= 4 is 29.1 Å². The number of hydrogen-bond donors (Lipinski definition) is 1. The Hall–Kier alpha value is -4.53. The maximum atomic E-state index is 12.9. The monoisotopic (exact) mass is 445 g/mol. The molecule has 0 bridgehead atoms. The van der Waals surface area contributed by atoms with E-state index in [0.717, 1.165) is 4.90 Å². The van der Waals surface area contributed by atoms with Gasteiger partial charge in [0.15, 0.2) is 0 Å². The van der Waals surface area contributed by atoms with E-state index in [1.54, 1.807) is 55.5 Å². The van der Waals surface area contributed by atoms with Crippen molar-refractivity contribution < 1.29 is 24.0 Å². The molecule has 0 fully saturated rings. The summed E-state index contributed by atoms with van der Waals surface area (Å²) in [6, 6.07) is 15.7. The van der Waals surface area contributed by atoms with Crippen molar-refractivity contribution in [2.24, 2.45) is 0 Å². The minimum atomic E-state index is -0.547. The van der Waals surface area contributed by atoms with Crippen LogP contribution >= 0.6 is 0 Å². The Kier molecular flexibility index (Phi) is 5.61. The van der Waals surface area contributed by atoms with Gasteiger partial charge in [-0.05, 0) is 42.8 Å². The molecule has 3 amide bonds. The highest BCUT2D eigenvalue weighted by Crippen LogP contribution is 2.28. The lowest BCUT2D eigenvalue weighted by Crippen LogP contribution is -2.29. The Morgan fingerprint density at radius 2 is 1.70 bits per heavy atom. The number of nitrogens with zero attached hydrogens (tertiary/aromatic N) is 2. The predicted octanol–water partition coefficient (Wildman–Crippen LogP) is 3.96. The minimum absolute atomic E-state index is 0.0212. The molecule has 0 saturated heterocycles. The maximum Gasteiger partial charge on any atom is 0.274 e. The Morgan fingerprint density at radius 1 is 1.03 bits per heavy atom. The topological polar surface area (TPSA) is 119 Å². The molecule has 3 aromatic carbocycles. The number of aryl methyl sites for hydroxylation is 1. The number of ether oxygens (including phenoxy) is 1. The second-order valence-corrected chi connectivity index (χ2v) is 7.49. The van der Waals surface area contributed by atoms with Crippen LogP contribution in [0.2, 0.25) is 0 Å². The lowest BCUT2D eigenvalue weighted by atomic mass is 10.1. The third-order valence-corrected chi connectivity index (χ3v) is 5.39. The number of carbonyl (C=O) groups is 3. The number of hydrogen-bond acceptors (Lipinski definition) is 6. The average Bonchev–Trinajstić information content (AvgIpc) is 3.05. The highest BCUT2D eigenvalue weighted by Gasteiger charge is 2.35. The smallest absolute Gasteiger partial charge is 0.274 e. The maximum absolute atomic E-state index is 12.9. The summed E-state index contributed by atoms with van der Waals surface area (Å²) >= 11 is 0. The molecule has 0 radical (unpaired) electrons. The Labute approximate surface area is 188 Å². The van der Waals surface area contributed by atoms with Crippen molar-refractivity contribution in [3.8, 4) is 5.75 Å². The van der Waals surface area contributed by atoms with Gasteiger partial charge in [-0.1, -0.05) is 24.3 Å². The average molecular weight is 445 g/mol. The summed E-state index contributed by atoms with van der Waals surface area (Å²) in [5.74, 6) is -1.07. The summed E-state index contributed by atoms with van der Waals surface area (Å²) in [5, 5.41) is 13.8. The van der Waals surface area contributed by atoms with Gasteiger partial charge in [0.05, 0.1) is 35.3 Å². The van der Waals surface area contributed by atoms with Gasteiger partial charge in [-0.25, -0.2) is 0 Å². The van der Waals surface area contributed by atoms with Gasteiger partial charge in [-0.15, -0.1) is 0 Å². The van der Waals surface area contributed by atoms with Crippen molar-refractivity contribution in [1.29, 1.82) is 0 Å². The summed E-state index contributed by atoms with van der Waals surface area (Å²) in [4.78, 5) is 50.0. The fourth-order valence-corrected chi connectivity index (χ4v) is 3.68. The van der Waals surface area contributed by atoms with E-state index >= 15 is 0 Å². The molecule has 0 unspecified atom stereocenters. The Balaban J connectivity index is 1.60. The van der Waals surface area contributed by atoms with Crippen LogP contribution in [-0.2, 0) is 6.54 Å². The first kappa shape index (κ1) is 21.7. The third kappa shape index (κ3) is 4.03. The van der Waals surface area contributed by atoms with Crippen LogP contribution in [0.3, 0.4) is 0 Å². The first-order valence-corrected chi connectivity index (χ1v) is 9.98. The number of imide groups is 1. The molecule has 0 atom stereocenters. The van der Waals surface area contributed by atoms with Crippen molar-refractivity contribution in [3.63, 3.8) is 0 Å². The second kappa shape index (κ2) is 8.54. The van der Waals surface area contributed by atoms with Crippen LogP contribution < -0.4 is 10.1 Å². The van der Waals surface area contributed by atoms with E-state index in [0.29, 0.717) is 22.3 Å². The number of benzene rings is 3. The van der Waals surface area contributed by atoms with Crippen LogP contribution in [0.4, 0.5) is 11.4 Å². The van der Waals surface area contributed by atoms with Crippen molar-refractivity contribution in [1.82, 2.24) is 4.90 Å². The van der Waals surface area contributed by atoms with Crippen LogP contribution in [-0.4, -0.2) is 34.7 Å². The number of amides is 3. The summed E-state index contributed by atoms with van der Waals surface area (Å²) < 4.78 is 5.29. The minimum Gasteiger partial charge on any atom is -0.496 e. The standard InChI is InChI=1S/C24H19N3O6/c1-14-7-9-16(12-20(14)27(31)32)25-22(28)19-11-15(8-10-21(19)33-2)13-26-23(29)17-5-3-4-6-18(17)24(26)30/h3-12H,13H2,1-2H3,(H,25,28). The van der Waals surface area contributed by atoms with Crippen molar-refractivity contribution in [2.45, 2.75) is 13.5 Å². The molecule has 0 aromatic heterocycles. The highest BCUT2D eigenvalue weighted by atomic mass is 16.6.